The van der Waals surface area contributed by atoms with E-state index in [-0.39, 0.29) is 28.4 Å². The number of piperidine rings is 1. The lowest BCUT2D eigenvalue weighted by Gasteiger charge is -2.38. The summed E-state index contributed by atoms with van der Waals surface area (Å²) in [5.41, 5.74) is 1.99. The summed E-state index contributed by atoms with van der Waals surface area (Å²) in [7, 11) is 0. The number of rotatable bonds is 7. The Bertz CT molecular complexity index is 910. The molecule has 1 amide bonds. The zero-order valence-corrected chi connectivity index (χ0v) is 17.5. The third-order valence-electron chi connectivity index (χ3n) is 5.67. The Morgan fingerprint density at radius 1 is 1.23 bits per heavy atom. The summed E-state index contributed by atoms with van der Waals surface area (Å²) in [6.45, 7) is 5.62. The van der Waals surface area contributed by atoms with Gasteiger partial charge in [-0.1, -0.05) is 31.2 Å². The average molecular weight is 413 g/mol. The Morgan fingerprint density at radius 2 is 1.93 bits per heavy atom. The first kappa shape index (κ1) is 21.9. The van der Waals surface area contributed by atoms with E-state index in [0.29, 0.717) is 29.8 Å². The standard InChI is InChI=1S/C23H28FN3O3/c1-3-6-23(28)26(20-10-9-17(2)21(24)15-20)19-11-13-25(14-12-19)16-18-7-4-5-8-22(18)27(29)30/h4-5,7-10,15,19H,3,6,11-14,16H2,1-2H3. The van der Waals surface area contributed by atoms with Crippen molar-refractivity contribution in [1.82, 2.24) is 4.90 Å². The quantitative estimate of drug-likeness (QED) is 0.481. The maximum atomic E-state index is 14.2. The van der Waals surface area contributed by atoms with Crippen molar-refractivity contribution in [3.05, 3.63) is 69.5 Å². The molecule has 0 spiro atoms. The van der Waals surface area contributed by atoms with Crippen LogP contribution >= 0.6 is 0 Å². The molecule has 1 aliphatic heterocycles. The minimum atomic E-state index is -0.348. The molecular weight excluding hydrogens is 385 g/mol. The highest BCUT2D eigenvalue weighted by Gasteiger charge is 2.29. The van der Waals surface area contributed by atoms with Crippen LogP contribution in [0, 0.1) is 22.9 Å². The predicted octanol–water partition coefficient (Wildman–Crippen LogP) is 4.84. The number of likely N-dealkylation sites (tertiary alicyclic amines) is 1. The lowest BCUT2D eigenvalue weighted by molar-refractivity contribution is -0.385. The molecule has 0 saturated carbocycles. The van der Waals surface area contributed by atoms with Crippen molar-refractivity contribution in [2.24, 2.45) is 0 Å². The predicted molar refractivity (Wildman–Crippen MR) is 115 cm³/mol. The SMILES string of the molecule is CCCC(=O)N(c1ccc(C)c(F)c1)C1CCN(Cc2ccccc2[N+](=O)[O-])CC1. The Kier molecular flexibility index (Phi) is 7.15. The van der Waals surface area contributed by atoms with Gasteiger partial charge in [0, 0.05) is 49.4 Å². The summed E-state index contributed by atoms with van der Waals surface area (Å²) < 4.78 is 14.2. The van der Waals surface area contributed by atoms with E-state index in [9.17, 15) is 19.3 Å². The number of nitrogens with zero attached hydrogens (tertiary/aromatic N) is 3. The first-order valence-corrected chi connectivity index (χ1v) is 10.4. The number of carbonyl (C=O) groups is 1. The highest BCUT2D eigenvalue weighted by atomic mass is 19.1. The number of halogens is 1. The van der Waals surface area contributed by atoms with E-state index in [4.69, 9.17) is 0 Å². The van der Waals surface area contributed by atoms with Gasteiger partial charge >= 0.3 is 0 Å². The molecule has 30 heavy (non-hydrogen) atoms. The number of nitro groups is 1. The Morgan fingerprint density at radius 3 is 2.57 bits per heavy atom. The first-order chi connectivity index (χ1) is 14.4. The van der Waals surface area contributed by atoms with E-state index in [1.54, 1.807) is 30.0 Å². The van der Waals surface area contributed by atoms with Crippen LogP contribution in [0.15, 0.2) is 42.5 Å². The number of benzene rings is 2. The number of nitro benzene ring substituents is 1. The van der Waals surface area contributed by atoms with Crippen molar-refractivity contribution in [3.63, 3.8) is 0 Å². The van der Waals surface area contributed by atoms with E-state index in [2.05, 4.69) is 4.90 Å². The van der Waals surface area contributed by atoms with Crippen LogP contribution in [0.1, 0.15) is 43.7 Å². The molecule has 1 aliphatic rings. The van der Waals surface area contributed by atoms with Crippen LogP contribution in [0.3, 0.4) is 0 Å². The van der Waals surface area contributed by atoms with Crippen molar-refractivity contribution in [2.45, 2.75) is 52.1 Å². The minimum absolute atomic E-state index is 0.00633. The summed E-state index contributed by atoms with van der Waals surface area (Å²) in [6.07, 6.45) is 2.64. The van der Waals surface area contributed by atoms with Gasteiger partial charge in [-0.2, -0.15) is 0 Å². The molecule has 0 aliphatic carbocycles. The fraction of sp³-hybridized carbons (Fsp3) is 0.435. The van der Waals surface area contributed by atoms with E-state index in [0.717, 1.165) is 32.4 Å². The maximum absolute atomic E-state index is 14.2. The third kappa shape index (κ3) is 5.02. The van der Waals surface area contributed by atoms with Crippen molar-refractivity contribution in [1.29, 1.82) is 0 Å². The topological polar surface area (TPSA) is 66.7 Å². The zero-order valence-electron chi connectivity index (χ0n) is 17.5. The van der Waals surface area contributed by atoms with Crippen LogP contribution in [-0.2, 0) is 11.3 Å². The van der Waals surface area contributed by atoms with E-state index in [1.165, 1.54) is 12.1 Å². The first-order valence-electron chi connectivity index (χ1n) is 10.4. The number of amides is 1. The number of anilines is 1. The number of hydrogen-bond acceptors (Lipinski definition) is 4. The van der Waals surface area contributed by atoms with Gasteiger partial charge in [0.05, 0.1) is 4.92 Å². The van der Waals surface area contributed by atoms with Crippen LogP contribution in [-0.4, -0.2) is 34.9 Å². The second-order valence-electron chi connectivity index (χ2n) is 7.84. The summed E-state index contributed by atoms with van der Waals surface area (Å²) in [5, 5.41) is 11.3. The Hall–Kier alpha value is -2.80. The molecule has 2 aromatic carbocycles. The van der Waals surface area contributed by atoms with E-state index >= 15 is 0 Å². The van der Waals surface area contributed by atoms with Crippen molar-refractivity contribution >= 4 is 17.3 Å². The molecule has 0 N–H and O–H groups in total. The van der Waals surface area contributed by atoms with Gasteiger partial charge < -0.3 is 4.90 Å². The monoisotopic (exact) mass is 413 g/mol. The average Bonchev–Trinajstić information content (AvgIpc) is 2.72. The second-order valence-corrected chi connectivity index (χ2v) is 7.84. The van der Waals surface area contributed by atoms with Crippen LogP contribution in [0.4, 0.5) is 15.8 Å². The van der Waals surface area contributed by atoms with E-state index in [1.807, 2.05) is 19.1 Å². The van der Waals surface area contributed by atoms with Gasteiger partial charge in [0.25, 0.3) is 5.69 Å². The van der Waals surface area contributed by atoms with Crippen LogP contribution in [0.2, 0.25) is 0 Å². The van der Waals surface area contributed by atoms with Gasteiger partial charge in [0.1, 0.15) is 5.82 Å². The summed E-state index contributed by atoms with van der Waals surface area (Å²) in [6, 6.07) is 11.8. The molecular formula is C23H28FN3O3. The molecule has 6 nitrogen and oxygen atoms in total. The number of para-hydroxylation sites is 1. The molecule has 7 heteroatoms. The van der Waals surface area contributed by atoms with Gasteiger partial charge in [-0.3, -0.25) is 19.8 Å². The third-order valence-corrected chi connectivity index (χ3v) is 5.67. The normalized spacial score (nSPS) is 15.2. The molecule has 0 radical (unpaired) electrons. The van der Waals surface area contributed by atoms with E-state index < -0.39 is 0 Å². The van der Waals surface area contributed by atoms with Crippen LogP contribution < -0.4 is 4.90 Å². The smallest absolute Gasteiger partial charge is 0.273 e. The van der Waals surface area contributed by atoms with Gasteiger partial charge in [-0.05, 0) is 43.9 Å². The number of aryl methyl sites for hydroxylation is 1. The lowest BCUT2D eigenvalue weighted by atomic mass is 10.00. The summed E-state index contributed by atoms with van der Waals surface area (Å²) >= 11 is 0. The summed E-state index contributed by atoms with van der Waals surface area (Å²) in [5.74, 6) is -0.298. The summed E-state index contributed by atoms with van der Waals surface area (Å²) in [4.78, 5) is 27.7. The second kappa shape index (κ2) is 9.80. The zero-order chi connectivity index (χ0) is 21.7. The van der Waals surface area contributed by atoms with Crippen molar-refractivity contribution in [2.75, 3.05) is 18.0 Å². The largest absolute Gasteiger partial charge is 0.309 e. The molecule has 1 fully saturated rings. The number of carbonyl (C=O) groups excluding carboxylic acids is 1. The molecule has 3 rings (SSSR count). The molecule has 2 aromatic rings. The lowest BCUT2D eigenvalue weighted by Crippen LogP contribution is -2.47. The van der Waals surface area contributed by atoms with Gasteiger partial charge in [0.2, 0.25) is 5.91 Å². The molecule has 0 atom stereocenters. The van der Waals surface area contributed by atoms with Crippen molar-refractivity contribution < 1.29 is 14.1 Å². The Balaban J connectivity index is 1.72. The molecule has 0 aromatic heterocycles. The van der Waals surface area contributed by atoms with Gasteiger partial charge in [-0.15, -0.1) is 0 Å². The minimum Gasteiger partial charge on any atom is -0.309 e. The van der Waals surface area contributed by atoms with Crippen LogP contribution in [0.5, 0.6) is 0 Å². The molecule has 0 unspecified atom stereocenters. The highest BCUT2D eigenvalue weighted by molar-refractivity contribution is 5.94. The molecule has 0 bridgehead atoms. The highest BCUT2D eigenvalue weighted by Crippen LogP contribution is 2.28. The molecule has 1 heterocycles. The van der Waals surface area contributed by atoms with Gasteiger partial charge in [0.15, 0.2) is 0 Å². The molecule has 1 saturated heterocycles. The number of hydrogen-bond donors (Lipinski definition) is 0. The van der Waals surface area contributed by atoms with Gasteiger partial charge in [-0.25, -0.2) is 4.39 Å². The molecule has 160 valence electrons. The van der Waals surface area contributed by atoms with Crippen molar-refractivity contribution in [3.8, 4) is 0 Å². The fourth-order valence-corrected chi connectivity index (χ4v) is 4.02. The fourth-order valence-electron chi connectivity index (χ4n) is 4.02. The maximum Gasteiger partial charge on any atom is 0.273 e. The Labute approximate surface area is 176 Å². The van der Waals surface area contributed by atoms with Crippen LogP contribution in [0.25, 0.3) is 0 Å².